The molecule has 0 heterocycles. The third kappa shape index (κ3) is 2.21. The largest absolute Gasteiger partial charge is 0.330 e. The van der Waals surface area contributed by atoms with Gasteiger partial charge in [-0.05, 0) is 11.6 Å². The Bertz CT molecular complexity index is 655. The van der Waals surface area contributed by atoms with Gasteiger partial charge in [-0.25, -0.2) is 0 Å². The van der Waals surface area contributed by atoms with E-state index in [2.05, 4.69) is 0 Å². The first-order valence-electron chi connectivity index (χ1n) is 5.20. The Morgan fingerprint density at radius 1 is 0.842 bits per heavy atom. The van der Waals surface area contributed by atoms with Gasteiger partial charge in [0, 0.05) is 6.07 Å². The van der Waals surface area contributed by atoms with E-state index in [-0.39, 0.29) is 11.1 Å². The van der Waals surface area contributed by atoms with Gasteiger partial charge in [-0.15, -0.1) is 0 Å². The number of nitro groups is 2. The third-order valence-corrected chi connectivity index (χ3v) is 2.56. The van der Waals surface area contributed by atoms with Crippen molar-refractivity contribution in [3.63, 3.8) is 0 Å². The zero-order chi connectivity index (χ0) is 14.0. The summed E-state index contributed by atoms with van der Waals surface area (Å²) in [4.78, 5) is 20.3. The Kier molecular flexibility index (Phi) is 3.11. The van der Waals surface area contributed by atoms with Crippen LogP contribution in [0.3, 0.4) is 0 Å². The van der Waals surface area contributed by atoms with Crippen molar-refractivity contribution >= 4 is 11.4 Å². The number of benzene rings is 2. The molecule has 1 radical (unpaired) electrons. The fraction of sp³-hybridized carbons (Fsp3) is 0. The highest BCUT2D eigenvalue weighted by molar-refractivity contribution is 5.85. The van der Waals surface area contributed by atoms with Crippen LogP contribution in [0, 0.1) is 20.2 Å². The lowest BCUT2D eigenvalue weighted by Crippen LogP contribution is -1.98. The number of nitro benzene ring substituents is 2. The van der Waals surface area contributed by atoms with Crippen LogP contribution in [0.25, 0.3) is 11.1 Å². The van der Waals surface area contributed by atoms with E-state index in [1.807, 2.05) is 0 Å². The van der Waals surface area contributed by atoms with Crippen LogP contribution in [-0.2, 0) is 5.11 Å². The second kappa shape index (κ2) is 4.73. The van der Waals surface area contributed by atoms with Crippen LogP contribution in [-0.4, -0.2) is 9.85 Å². The first kappa shape index (κ1) is 12.5. The van der Waals surface area contributed by atoms with Gasteiger partial charge in [0.15, 0.2) is 0 Å². The molecule has 7 nitrogen and oxygen atoms in total. The van der Waals surface area contributed by atoms with E-state index in [1.165, 1.54) is 12.1 Å². The fourth-order valence-corrected chi connectivity index (χ4v) is 1.78. The predicted molar refractivity (Wildman–Crippen MR) is 65.3 cm³/mol. The average molecular weight is 259 g/mol. The lowest BCUT2D eigenvalue weighted by atomic mass is 10.0. The van der Waals surface area contributed by atoms with E-state index in [0.29, 0.717) is 0 Å². The standard InChI is InChI=1S/C12H7N2O5/c15-10-7-6-9(13(16)17)11(12(10)14(18)19)8-4-2-1-3-5-8/h1-7H. The average Bonchev–Trinajstić information content (AvgIpc) is 2.38. The van der Waals surface area contributed by atoms with Crippen molar-refractivity contribution in [2.45, 2.75) is 0 Å². The molecule has 0 bridgehead atoms. The summed E-state index contributed by atoms with van der Waals surface area (Å²) in [6, 6.07) is 9.62. The summed E-state index contributed by atoms with van der Waals surface area (Å²) >= 11 is 0. The number of hydrogen-bond donors (Lipinski definition) is 0. The number of rotatable bonds is 3. The van der Waals surface area contributed by atoms with Crippen LogP contribution < -0.4 is 0 Å². The molecule has 0 aliphatic rings. The third-order valence-electron chi connectivity index (χ3n) is 2.56. The minimum atomic E-state index is -0.891. The Labute approximate surface area is 107 Å². The molecule has 0 aliphatic carbocycles. The molecular formula is C12H7N2O5. The molecule has 7 heteroatoms. The van der Waals surface area contributed by atoms with Crippen LogP contribution in [0.2, 0.25) is 0 Å². The first-order valence-corrected chi connectivity index (χ1v) is 5.20. The maximum Gasteiger partial charge on any atom is 0.330 e. The van der Waals surface area contributed by atoms with E-state index in [4.69, 9.17) is 0 Å². The van der Waals surface area contributed by atoms with Gasteiger partial charge < -0.3 is 0 Å². The van der Waals surface area contributed by atoms with Crippen molar-refractivity contribution in [2.24, 2.45) is 0 Å². The summed E-state index contributed by atoms with van der Waals surface area (Å²) in [5, 5.41) is 33.5. The molecule has 2 aromatic rings. The van der Waals surface area contributed by atoms with E-state index in [1.54, 1.807) is 18.2 Å². The van der Waals surface area contributed by atoms with Gasteiger partial charge in [0.25, 0.3) is 11.4 Å². The summed E-state index contributed by atoms with van der Waals surface area (Å²) in [7, 11) is 0. The lowest BCUT2D eigenvalue weighted by molar-refractivity contribution is -0.393. The molecule has 0 saturated heterocycles. The van der Waals surface area contributed by atoms with Crippen LogP contribution in [0.1, 0.15) is 0 Å². The van der Waals surface area contributed by atoms with Crippen molar-refractivity contribution in [3.05, 3.63) is 62.7 Å². The van der Waals surface area contributed by atoms with E-state index < -0.39 is 27.0 Å². The maximum atomic E-state index is 11.6. The van der Waals surface area contributed by atoms with Crippen LogP contribution in [0.5, 0.6) is 5.75 Å². The minimum Gasteiger partial charge on any atom is -0.282 e. The highest BCUT2D eigenvalue weighted by atomic mass is 16.6. The van der Waals surface area contributed by atoms with Crippen LogP contribution >= 0.6 is 0 Å². The second-order valence-corrected chi connectivity index (χ2v) is 3.69. The molecule has 0 unspecified atom stereocenters. The summed E-state index contributed by atoms with van der Waals surface area (Å²) in [5.74, 6) is -0.852. The van der Waals surface area contributed by atoms with Crippen molar-refractivity contribution in [1.29, 1.82) is 0 Å². The van der Waals surface area contributed by atoms with Gasteiger partial charge in [-0.3, -0.25) is 25.3 Å². The quantitative estimate of drug-likeness (QED) is 0.622. The molecule has 0 aromatic heterocycles. The molecule has 95 valence electrons. The molecule has 0 fully saturated rings. The van der Waals surface area contributed by atoms with Gasteiger partial charge in [0.2, 0.25) is 0 Å². The second-order valence-electron chi connectivity index (χ2n) is 3.69. The highest BCUT2D eigenvalue weighted by Crippen LogP contribution is 2.43. The first-order chi connectivity index (χ1) is 9.02. The summed E-state index contributed by atoms with van der Waals surface area (Å²) in [6.07, 6.45) is 0. The monoisotopic (exact) mass is 259 g/mol. The van der Waals surface area contributed by atoms with Crippen molar-refractivity contribution in [3.8, 4) is 16.9 Å². The van der Waals surface area contributed by atoms with Gasteiger partial charge in [-0.2, -0.15) is 0 Å². The molecule has 0 spiro atoms. The molecular weight excluding hydrogens is 252 g/mol. The van der Waals surface area contributed by atoms with E-state index in [9.17, 15) is 25.3 Å². The fourth-order valence-electron chi connectivity index (χ4n) is 1.78. The van der Waals surface area contributed by atoms with Gasteiger partial charge in [-0.1, -0.05) is 30.3 Å². The lowest BCUT2D eigenvalue weighted by Gasteiger charge is -2.04. The van der Waals surface area contributed by atoms with Crippen LogP contribution in [0.4, 0.5) is 11.4 Å². The Morgan fingerprint density at radius 3 is 2.00 bits per heavy atom. The van der Waals surface area contributed by atoms with Gasteiger partial charge in [0.05, 0.1) is 9.85 Å². The van der Waals surface area contributed by atoms with Gasteiger partial charge in [0.1, 0.15) is 5.56 Å². The van der Waals surface area contributed by atoms with E-state index >= 15 is 0 Å². The molecule has 2 rings (SSSR count). The van der Waals surface area contributed by atoms with Crippen LogP contribution in [0.15, 0.2) is 42.5 Å². The zero-order valence-electron chi connectivity index (χ0n) is 9.48. The Balaban J connectivity index is 2.85. The van der Waals surface area contributed by atoms with E-state index in [0.717, 1.165) is 12.1 Å². The summed E-state index contributed by atoms with van der Waals surface area (Å²) < 4.78 is 0. The molecule has 0 amide bonds. The highest BCUT2D eigenvalue weighted by Gasteiger charge is 2.30. The zero-order valence-corrected chi connectivity index (χ0v) is 9.48. The molecule has 2 aromatic carbocycles. The molecule has 0 aliphatic heterocycles. The Morgan fingerprint density at radius 2 is 1.47 bits per heavy atom. The maximum absolute atomic E-state index is 11.6. The predicted octanol–water partition coefficient (Wildman–Crippen LogP) is 3.31. The smallest absolute Gasteiger partial charge is 0.282 e. The SMILES string of the molecule is [O]c1ccc([N+](=O)[O-])c(-c2ccccc2)c1[N+](=O)[O-]. The Hall–Kier alpha value is -2.96. The molecule has 0 saturated carbocycles. The normalized spacial score (nSPS) is 10.1. The number of nitrogens with zero attached hydrogens (tertiary/aromatic N) is 2. The molecule has 0 atom stereocenters. The number of hydrogen-bond acceptors (Lipinski definition) is 4. The minimum absolute atomic E-state index is 0.261. The van der Waals surface area contributed by atoms with Crippen molar-refractivity contribution in [2.75, 3.05) is 0 Å². The van der Waals surface area contributed by atoms with Gasteiger partial charge >= 0.3 is 5.69 Å². The van der Waals surface area contributed by atoms with Crippen molar-refractivity contribution < 1.29 is 15.0 Å². The molecule has 19 heavy (non-hydrogen) atoms. The molecule has 0 N–H and O–H groups in total. The topological polar surface area (TPSA) is 106 Å². The van der Waals surface area contributed by atoms with Crippen molar-refractivity contribution in [1.82, 2.24) is 0 Å². The summed E-state index contributed by atoms with van der Waals surface area (Å²) in [6.45, 7) is 0. The summed E-state index contributed by atoms with van der Waals surface area (Å²) in [5.41, 5.74) is -1.24.